The minimum Gasteiger partial charge on any atom is -0.492 e. The molecule has 1 aliphatic heterocycles. The Morgan fingerprint density at radius 3 is 2.28 bits per heavy atom. The third kappa shape index (κ3) is 5.85. The zero-order valence-corrected chi connectivity index (χ0v) is 20.2. The first-order chi connectivity index (χ1) is 15.0. The van der Waals surface area contributed by atoms with E-state index in [0.29, 0.717) is 5.75 Å². The summed E-state index contributed by atoms with van der Waals surface area (Å²) in [4.78, 5) is 25.8. The number of rotatable bonds is 9. The van der Waals surface area contributed by atoms with Crippen molar-refractivity contribution in [3.8, 4) is 5.75 Å². The largest absolute Gasteiger partial charge is 0.492 e. The molecule has 9 nitrogen and oxygen atoms in total. The van der Waals surface area contributed by atoms with Crippen molar-refractivity contribution >= 4 is 38.0 Å². The monoisotopic (exact) mass is 525 g/mol. The van der Waals surface area contributed by atoms with Crippen LogP contribution in [0.2, 0.25) is 0 Å². The van der Waals surface area contributed by atoms with Crippen LogP contribution in [-0.4, -0.2) is 50.0 Å². The lowest BCUT2D eigenvalue weighted by Crippen LogP contribution is -2.48. The first-order valence-corrected chi connectivity index (χ1v) is 12.0. The zero-order valence-electron chi connectivity index (χ0n) is 17.8. The van der Waals surface area contributed by atoms with Crippen molar-refractivity contribution in [3.63, 3.8) is 0 Å². The molecule has 2 N–H and O–H groups in total. The van der Waals surface area contributed by atoms with E-state index in [1.165, 1.54) is 12.1 Å². The molecule has 3 amide bonds. The molecule has 0 aliphatic carbocycles. The predicted molar refractivity (Wildman–Crippen MR) is 120 cm³/mol. The summed E-state index contributed by atoms with van der Waals surface area (Å²) in [5, 5.41) is 2.59. The lowest BCUT2D eigenvalue weighted by Gasteiger charge is -2.23. The van der Waals surface area contributed by atoms with Crippen LogP contribution in [0.3, 0.4) is 0 Å². The lowest BCUT2D eigenvalue weighted by atomic mass is 10.1. The molecule has 0 radical (unpaired) electrons. The van der Waals surface area contributed by atoms with Gasteiger partial charge in [0.1, 0.15) is 17.9 Å². The normalized spacial score (nSPS) is 16.7. The molecular formula is C21H24BrN3O6S. The van der Waals surface area contributed by atoms with E-state index < -0.39 is 33.6 Å². The summed E-state index contributed by atoms with van der Waals surface area (Å²) in [6.45, 7) is 4.79. The Labute approximate surface area is 195 Å². The van der Waals surface area contributed by atoms with E-state index in [9.17, 15) is 18.0 Å². The van der Waals surface area contributed by atoms with Crippen LogP contribution in [0.4, 0.5) is 4.79 Å². The Morgan fingerprint density at radius 1 is 1.09 bits per heavy atom. The highest BCUT2D eigenvalue weighted by Crippen LogP contribution is 2.19. The summed E-state index contributed by atoms with van der Waals surface area (Å²) in [6, 6.07) is 11.8. The number of carbonyl (C=O) groups excluding carboxylic acids is 2. The third-order valence-electron chi connectivity index (χ3n) is 4.75. The molecular weight excluding hydrogens is 502 g/mol. The number of hydrogen-bond acceptors (Lipinski definition) is 7. The van der Waals surface area contributed by atoms with E-state index in [-0.39, 0.29) is 18.0 Å². The number of ether oxygens (including phenoxy) is 1. The Hall–Kier alpha value is -2.47. The molecule has 0 spiro atoms. The van der Waals surface area contributed by atoms with Gasteiger partial charge in [0, 0.05) is 4.47 Å². The number of carbonyl (C=O) groups is 2. The van der Waals surface area contributed by atoms with Gasteiger partial charge in [-0.3, -0.25) is 9.69 Å². The number of nitrogens with zero attached hydrogens (tertiary/aromatic N) is 1. The highest BCUT2D eigenvalue weighted by Gasteiger charge is 2.45. The first kappa shape index (κ1) is 24.2. The van der Waals surface area contributed by atoms with Gasteiger partial charge in [0.25, 0.3) is 5.91 Å². The molecule has 0 bridgehead atoms. The molecule has 1 aliphatic rings. The average molecular weight is 526 g/mol. The van der Waals surface area contributed by atoms with Crippen molar-refractivity contribution in [1.29, 1.82) is 0 Å². The Morgan fingerprint density at radius 2 is 1.72 bits per heavy atom. The molecule has 2 aromatic carbocycles. The summed E-state index contributed by atoms with van der Waals surface area (Å²) < 4.78 is 36.7. The Balaban J connectivity index is 1.73. The lowest BCUT2D eigenvalue weighted by molar-refractivity contribution is -0.130. The highest BCUT2D eigenvalue weighted by atomic mass is 79.9. The molecule has 32 heavy (non-hydrogen) atoms. The molecule has 1 saturated heterocycles. The van der Waals surface area contributed by atoms with Crippen LogP contribution in [-0.2, 0) is 19.2 Å². The number of imide groups is 1. The third-order valence-corrected chi connectivity index (χ3v) is 6.44. The molecule has 3 rings (SSSR count). The number of amides is 3. The van der Waals surface area contributed by atoms with Gasteiger partial charge in [-0.2, -0.15) is 18.2 Å². The quantitative estimate of drug-likeness (QED) is 0.382. The number of urea groups is 1. The van der Waals surface area contributed by atoms with Gasteiger partial charge in [0.15, 0.2) is 0 Å². The topological polar surface area (TPSA) is 114 Å². The zero-order chi connectivity index (χ0) is 23.5. The molecule has 172 valence electrons. The number of benzene rings is 2. The van der Waals surface area contributed by atoms with Crippen molar-refractivity contribution in [2.75, 3.05) is 13.2 Å². The second-order valence-electron chi connectivity index (χ2n) is 7.90. The summed E-state index contributed by atoms with van der Waals surface area (Å²) in [5.74, 6) is 0.0956. The summed E-state index contributed by atoms with van der Waals surface area (Å²) in [7, 11) is -4.12. The van der Waals surface area contributed by atoms with Gasteiger partial charge in [0.2, 0.25) is 0 Å². The van der Waals surface area contributed by atoms with Gasteiger partial charge in [-0.05, 0) is 57.2 Å². The molecule has 1 heterocycles. The van der Waals surface area contributed by atoms with E-state index in [4.69, 9.17) is 9.02 Å². The van der Waals surface area contributed by atoms with Crippen molar-refractivity contribution < 1.29 is 27.0 Å². The SMILES string of the molecule is Cc1ccc(S(=O)(=O)ON[C@H](COc2ccc(Br)cc2)CN2C(=O)NC(C)(C)C2=O)cc1. The second kappa shape index (κ2) is 9.57. The van der Waals surface area contributed by atoms with E-state index >= 15 is 0 Å². The summed E-state index contributed by atoms with van der Waals surface area (Å²) in [6.07, 6.45) is 0. The van der Waals surface area contributed by atoms with Crippen LogP contribution in [0.5, 0.6) is 5.75 Å². The molecule has 0 aromatic heterocycles. The van der Waals surface area contributed by atoms with Crippen molar-refractivity contribution in [3.05, 3.63) is 58.6 Å². The fourth-order valence-corrected chi connectivity index (χ4v) is 4.03. The molecule has 11 heteroatoms. The van der Waals surface area contributed by atoms with Crippen molar-refractivity contribution in [1.82, 2.24) is 15.7 Å². The van der Waals surface area contributed by atoms with Crippen LogP contribution < -0.4 is 15.5 Å². The number of hydrogen-bond donors (Lipinski definition) is 2. The maximum Gasteiger partial charge on any atom is 0.325 e. The molecule has 2 aromatic rings. The standard InChI is InChI=1S/C21H24BrN3O6S/c1-14-4-10-18(11-5-14)32(28,29)31-24-16(13-30-17-8-6-15(22)7-9-17)12-25-19(26)21(2,3)23-20(25)27/h4-11,16,24H,12-13H2,1-3H3,(H,23,27)/t16-/m0/s1. The maximum atomic E-state index is 12.5. The van der Waals surface area contributed by atoms with Gasteiger partial charge >= 0.3 is 16.1 Å². The molecule has 1 fully saturated rings. The predicted octanol–water partition coefficient (Wildman–Crippen LogP) is 2.75. The van der Waals surface area contributed by atoms with Gasteiger partial charge in [0.05, 0.1) is 17.5 Å². The Bertz CT molecular complexity index is 1090. The van der Waals surface area contributed by atoms with Crippen LogP contribution in [0.25, 0.3) is 0 Å². The van der Waals surface area contributed by atoms with E-state index in [0.717, 1.165) is 14.9 Å². The average Bonchev–Trinajstić information content (AvgIpc) is 2.92. The summed E-state index contributed by atoms with van der Waals surface area (Å²) >= 11 is 3.34. The van der Waals surface area contributed by atoms with Gasteiger partial charge in [-0.15, -0.1) is 0 Å². The van der Waals surface area contributed by atoms with Gasteiger partial charge in [-0.25, -0.2) is 4.79 Å². The second-order valence-corrected chi connectivity index (χ2v) is 10.4. The number of halogens is 1. The van der Waals surface area contributed by atoms with Gasteiger partial charge < -0.3 is 10.1 Å². The number of nitrogens with one attached hydrogen (secondary N) is 2. The van der Waals surface area contributed by atoms with Crippen LogP contribution in [0.15, 0.2) is 57.9 Å². The first-order valence-electron chi connectivity index (χ1n) is 9.76. The Kier molecular flexibility index (Phi) is 7.23. The minimum absolute atomic E-state index is 0.0284. The smallest absolute Gasteiger partial charge is 0.325 e. The molecule has 0 unspecified atom stereocenters. The van der Waals surface area contributed by atoms with E-state index in [2.05, 4.69) is 26.7 Å². The summed E-state index contributed by atoms with van der Waals surface area (Å²) in [5.41, 5.74) is 2.30. The fraction of sp³-hybridized carbons (Fsp3) is 0.333. The van der Waals surface area contributed by atoms with Gasteiger partial charge in [-0.1, -0.05) is 33.6 Å². The number of aryl methyl sites for hydroxylation is 1. The van der Waals surface area contributed by atoms with E-state index in [1.54, 1.807) is 50.2 Å². The van der Waals surface area contributed by atoms with Crippen LogP contribution in [0, 0.1) is 6.92 Å². The minimum atomic E-state index is -4.12. The highest BCUT2D eigenvalue weighted by molar-refractivity contribution is 9.10. The maximum absolute atomic E-state index is 12.5. The van der Waals surface area contributed by atoms with E-state index in [1.807, 2.05) is 6.92 Å². The number of hydroxylamine groups is 1. The molecule has 1 atom stereocenters. The fourth-order valence-electron chi connectivity index (χ4n) is 2.94. The molecule has 0 saturated carbocycles. The van der Waals surface area contributed by atoms with Crippen molar-refractivity contribution in [2.24, 2.45) is 0 Å². The van der Waals surface area contributed by atoms with Crippen LogP contribution in [0.1, 0.15) is 19.4 Å². The van der Waals surface area contributed by atoms with Crippen molar-refractivity contribution in [2.45, 2.75) is 37.2 Å². The van der Waals surface area contributed by atoms with Crippen LogP contribution >= 0.6 is 15.9 Å².